The largest absolute Gasteiger partial charge is 0.457 e. The highest BCUT2D eigenvalue weighted by atomic mass is 19.3. The molecule has 2 aromatic carbocycles. The second-order valence-corrected chi connectivity index (χ2v) is 6.08. The van der Waals surface area contributed by atoms with Gasteiger partial charge in [0.1, 0.15) is 12.4 Å². The Morgan fingerprint density at radius 2 is 1.79 bits per heavy atom. The van der Waals surface area contributed by atoms with Crippen molar-refractivity contribution in [2.45, 2.75) is 26.2 Å². The number of nitrogens with one attached hydrogen (secondary N) is 2. The molecule has 1 heterocycles. The SMILES string of the molecule is CC1=C(C(=O)OCc2ccccc2)[C@H](c2ccc(OC(F)F)cc2)NC(=O)N1. The number of ether oxygens (including phenoxy) is 2. The van der Waals surface area contributed by atoms with Crippen molar-refractivity contribution < 1.29 is 27.8 Å². The molecule has 2 amide bonds. The summed E-state index contributed by atoms with van der Waals surface area (Å²) in [5, 5.41) is 5.21. The summed E-state index contributed by atoms with van der Waals surface area (Å²) in [6.07, 6.45) is 0. The fourth-order valence-corrected chi connectivity index (χ4v) is 2.86. The molecular weight excluding hydrogens is 370 g/mol. The van der Waals surface area contributed by atoms with Gasteiger partial charge in [-0.2, -0.15) is 8.78 Å². The van der Waals surface area contributed by atoms with E-state index in [1.165, 1.54) is 24.3 Å². The molecule has 0 aliphatic carbocycles. The normalized spacial score (nSPS) is 16.4. The van der Waals surface area contributed by atoms with Crippen LogP contribution in [-0.2, 0) is 16.1 Å². The first-order valence-corrected chi connectivity index (χ1v) is 8.48. The van der Waals surface area contributed by atoms with Gasteiger partial charge in [-0.3, -0.25) is 0 Å². The number of amides is 2. The minimum absolute atomic E-state index is 0.0204. The second-order valence-electron chi connectivity index (χ2n) is 6.08. The van der Waals surface area contributed by atoms with Crippen LogP contribution in [0.25, 0.3) is 0 Å². The van der Waals surface area contributed by atoms with E-state index in [2.05, 4.69) is 15.4 Å². The van der Waals surface area contributed by atoms with E-state index < -0.39 is 24.7 Å². The van der Waals surface area contributed by atoms with E-state index in [-0.39, 0.29) is 17.9 Å². The Kier molecular flexibility index (Phi) is 5.88. The third kappa shape index (κ3) is 4.64. The Morgan fingerprint density at radius 3 is 2.43 bits per heavy atom. The van der Waals surface area contributed by atoms with Crippen molar-refractivity contribution in [3.63, 3.8) is 0 Å². The van der Waals surface area contributed by atoms with Gasteiger partial charge in [0, 0.05) is 5.70 Å². The molecule has 0 spiro atoms. The quantitative estimate of drug-likeness (QED) is 0.741. The zero-order chi connectivity index (χ0) is 20.1. The summed E-state index contributed by atoms with van der Waals surface area (Å²) in [5.41, 5.74) is 1.95. The fraction of sp³-hybridized carbons (Fsp3) is 0.200. The second kappa shape index (κ2) is 8.51. The first kappa shape index (κ1) is 19.3. The molecule has 0 unspecified atom stereocenters. The van der Waals surface area contributed by atoms with Crippen LogP contribution in [0.2, 0.25) is 0 Å². The number of carbonyl (C=O) groups excluding carboxylic acids is 2. The molecule has 0 radical (unpaired) electrons. The number of urea groups is 1. The first-order valence-electron chi connectivity index (χ1n) is 8.48. The molecule has 3 rings (SSSR count). The Morgan fingerprint density at radius 1 is 1.11 bits per heavy atom. The maximum absolute atomic E-state index is 12.7. The maximum Gasteiger partial charge on any atom is 0.387 e. The number of alkyl halides is 2. The zero-order valence-corrected chi connectivity index (χ0v) is 14.9. The van der Waals surface area contributed by atoms with Gasteiger partial charge < -0.3 is 20.1 Å². The van der Waals surface area contributed by atoms with Crippen LogP contribution in [0.1, 0.15) is 24.1 Å². The summed E-state index contributed by atoms with van der Waals surface area (Å²) in [6, 6.07) is 13.6. The van der Waals surface area contributed by atoms with Gasteiger partial charge in [0.15, 0.2) is 0 Å². The summed E-state index contributed by atoms with van der Waals surface area (Å²) < 4.78 is 34.3. The van der Waals surface area contributed by atoms with Crippen LogP contribution in [0, 0.1) is 0 Å². The minimum atomic E-state index is -2.94. The molecule has 28 heavy (non-hydrogen) atoms. The monoisotopic (exact) mass is 388 g/mol. The van der Waals surface area contributed by atoms with Gasteiger partial charge in [0.25, 0.3) is 0 Å². The fourth-order valence-electron chi connectivity index (χ4n) is 2.86. The highest BCUT2D eigenvalue weighted by molar-refractivity contribution is 5.95. The molecule has 0 saturated carbocycles. The molecule has 0 saturated heterocycles. The summed E-state index contributed by atoms with van der Waals surface area (Å²) >= 11 is 0. The molecule has 1 atom stereocenters. The van der Waals surface area contributed by atoms with Crippen LogP contribution >= 0.6 is 0 Å². The van der Waals surface area contributed by atoms with Crippen molar-refractivity contribution in [3.8, 4) is 5.75 Å². The predicted molar refractivity (Wildman–Crippen MR) is 96.4 cm³/mol. The standard InChI is InChI=1S/C20H18F2N2O4/c1-12-16(18(25)27-11-13-5-3-2-4-6-13)17(24-20(26)23-12)14-7-9-15(10-8-14)28-19(21)22/h2-10,17,19H,11H2,1H3,(H2,23,24,26)/t17-/m0/s1. The number of hydrogen-bond donors (Lipinski definition) is 2. The maximum atomic E-state index is 12.7. The molecule has 1 aliphatic heterocycles. The van der Waals surface area contributed by atoms with Crippen molar-refractivity contribution in [3.05, 3.63) is 77.0 Å². The minimum Gasteiger partial charge on any atom is -0.457 e. The van der Waals surface area contributed by atoms with Crippen molar-refractivity contribution >= 4 is 12.0 Å². The lowest BCUT2D eigenvalue weighted by atomic mass is 9.95. The van der Waals surface area contributed by atoms with Gasteiger partial charge >= 0.3 is 18.6 Å². The van der Waals surface area contributed by atoms with Gasteiger partial charge in [0.2, 0.25) is 0 Å². The van der Waals surface area contributed by atoms with E-state index in [1.54, 1.807) is 6.92 Å². The number of carbonyl (C=O) groups is 2. The molecular formula is C20H18F2N2O4. The van der Waals surface area contributed by atoms with Gasteiger partial charge in [-0.25, -0.2) is 9.59 Å². The summed E-state index contributed by atoms with van der Waals surface area (Å²) in [7, 11) is 0. The molecule has 6 nitrogen and oxygen atoms in total. The third-order valence-electron chi connectivity index (χ3n) is 4.14. The zero-order valence-electron chi connectivity index (χ0n) is 14.9. The first-order chi connectivity index (χ1) is 13.4. The lowest BCUT2D eigenvalue weighted by molar-refractivity contribution is -0.140. The van der Waals surface area contributed by atoms with Crippen LogP contribution in [0.3, 0.4) is 0 Å². The number of benzene rings is 2. The molecule has 2 aromatic rings. The van der Waals surface area contributed by atoms with Crippen molar-refractivity contribution in [2.24, 2.45) is 0 Å². The predicted octanol–water partition coefficient (Wildman–Crippen LogP) is 3.66. The van der Waals surface area contributed by atoms with E-state index >= 15 is 0 Å². The van der Waals surface area contributed by atoms with Gasteiger partial charge in [-0.15, -0.1) is 0 Å². The number of hydrogen-bond acceptors (Lipinski definition) is 4. The van der Waals surface area contributed by atoms with Crippen LogP contribution in [0.15, 0.2) is 65.9 Å². The third-order valence-corrected chi connectivity index (χ3v) is 4.14. The van der Waals surface area contributed by atoms with E-state index in [0.717, 1.165) is 5.56 Å². The summed E-state index contributed by atoms with van der Waals surface area (Å²) in [5.74, 6) is -0.611. The lowest BCUT2D eigenvalue weighted by Crippen LogP contribution is -2.45. The number of esters is 1. The highest BCUT2D eigenvalue weighted by Gasteiger charge is 2.32. The number of rotatable bonds is 6. The molecule has 0 fully saturated rings. The highest BCUT2D eigenvalue weighted by Crippen LogP contribution is 2.29. The van der Waals surface area contributed by atoms with E-state index in [0.29, 0.717) is 11.3 Å². The molecule has 0 bridgehead atoms. The van der Waals surface area contributed by atoms with Crippen LogP contribution in [-0.4, -0.2) is 18.6 Å². The summed E-state index contributed by atoms with van der Waals surface area (Å²) in [6.45, 7) is -1.26. The molecule has 2 N–H and O–H groups in total. The average Bonchev–Trinajstić information content (AvgIpc) is 2.66. The van der Waals surface area contributed by atoms with Gasteiger partial charge in [0.05, 0.1) is 11.6 Å². The van der Waals surface area contributed by atoms with Crippen molar-refractivity contribution in [2.75, 3.05) is 0 Å². The van der Waals surface area contributed by atoms with Crippen LogP contribution in [0.4, 0.5) is 13.6 Å². The molecule has 8 heteroatoms. The molecule has 146 valence electrons. The van der Waals surface area contributed by atoms with Gasteiger partial charge in [-0.05, 0) is 30.2 Å². The summed E-state index contributed by atoms with van der Waals surface area (Å²) in [4.78, 5) is 24.6. The van der Waals surface area contributed by atoms with Crippen molar-refractivity contribution in [1.82, 2.24) is 10.6 Å². The van der Waals surface area contributed by atoms with Crippen molar-refractivity contribution in [1.29, 1.82) is 0 Å². The molecule has 0 aromatic heterocycles. The smallest absolute Gasteiger partial charge is 0.387 e. The number of allylic oxidation sites excluding steroid dienone is 1. The lowest BCUT2D eigenvalue weighted by Gasteiger charge is -2.28. The Bertz CT molecular complexity index is 883. The topological polar surface area (TPSA) is 76.7 Å². The molecule has 1 aliphatic rings. The van der Waals surface area contributed by atoms with E-state index in [9.17, 15) is 18.4 Å². The van der Waals surface area contributed by atoms with Crippen LogP contribution < -0.4 is 15.4 Å². The average molecular weight is 388 g/mol. The number of halogens is 2. The van der Waals surface area contributed by atoms with Crippen LogP contribution in [0.5, 0.6) is 5.75 Å². The Balaban J connectivity index is 1.81. The Hall–Kier alpha value is -3.42. The van der Waals surface area contributed by atoms with Gasteiger partial charge in [-0.1, -0.05) is 42.5 Å². The van der Waals surface area contributed by atoms with E-state index in [1.807, 2.05) is 30.3 Å². The van der Waals surface area contributed by atoms with E-state index in [4.69, 9.17) is 4.74 Å². The Labute approximate surface area is 160 Å².